The Kier molecular flexibility index (Phi) is 2.76. The topological polar surface area (TPSA) is 34.9 Å². The Bertz CT molecular complexity index is 494. The van der Waals surface area contributed by atoms with Crippen molar-refractivity contribution in [3.8, 4) is 11.3 Å². The maximum absolute atomic E-state index is 12.5. The second kappa shape index (κ2) is 4.22. The number of carbonyl (C=O) groups is 1. The molecule has 0 spiro atoms. The number of halogens is 2. The van der Waals surface area contributed by atoms with Crippen molar-refractivity contribution in [1.82, 2.24) is 9.78 Å². The first-order valence-corrected chi connectivity index (χ1v) is 4.60. The quantitative estimate of drug-likeness (QED) is 0.748. The van der Waals surface area contributed by atoms with E-state index >= 15 is 0 Å². The smallest absolute Gasteiger partial charge is 0.296 e. The van der Waals surface area contributed by atoms with Crippen LogP contribution in [0.4, 0.5) is 8.78 Å². The predicted octanol–water partition coefficient (Wildman–Crippen LogP) is 2.76. The molecule has 0 saturated heterocycles. The molecule has 0 bridgehead atoms. The maximum atomic E-state index is 12.5. The largest absolute Gasteiger partial charge is 0.333 e. The number of aromatic nitrogens is 2. The molecule has 0 fully saturated rings. The number of benzene rings is 1. The maximum Gasteiger partial charge on any atom is 0.333 e. The third-order valence-electron chi connectivity index (χ3n) is 2.14. The summed E-state index contributed by atoms with van der Waals surface area (Å²) in [5.41, 5.74) is 0.932. The lowest BCUT2D eigenvalue weighted by Crippen LogP contribution is -2.04. The van der Waals surface area contributed by atoms with E-state index in [9.17, 15) is 13.6 Å². The van der Waals surface area contributed by atoms with E-state index in [1.54, 1.807) is 24.3 Å². The zero-order chi connectivity index (χ0) is 11.5. The molecule has 0 amide bonds. The molecule has 0 radical (unpaired) electrons. The lowest BCUT2D eigenvalue weighted by Gasteiger charge is -1.99. The lowest BCUT2D eigenvalue weighted by molar-refractivity contribution is 0.0535. The molecule has 2 rings (SSSR count). The van der Waals surface area contributed by atoms with E-state index in [-0.39, 0.29) is 5.69 Å². The number of carbonyl (C=O) groups excluding carboxylic acids is 1. The van der Waals surface area contributed by atoms with E-state index in [0.717, 1.165) is 0 Å². The van der Waals surface area contributed by atoms with Crippen molar-refractivity contribution in [3.63, 3.8) is 0 Å². The Morgan fingerprint density at radius 1 is 1.25 bits per heavy atom. The Morgan fingerprint density at radius 2 is 1.94 bits per heavy atom. The standard InChI is InChI=1S/C11H8F2N2O/c12-11(13)15-9(7-16)6-10(14-15)8-4-2-1-3-5-8/h1-7,11H. The summed E-state index contributed by atoms with van der Waals surface area (Å²) in [5.74, 6) is 0. The van der Waals surface area contributed by atoms with Gasteiger partial charge in [-0.25, -0.2) is 4.68 Å². The Hall–Kier alpha value is -2.04. The van der Waals surface area contributed by atoms with E-state index in [0.29, 0.717) is 22.2 Å². The molecule has 1 heterocycles. The summed E-state index contributed by atoms with van der Waals surface area (Å²) in [6.45, 7) is -2.81. The zero-order valence-corrected chi connectivity index (χ0v) is 8.18. The molecule has 0 unspecified atom stereocenters. The van der Waals surface area contributed by atoms with E-state index in [1.165, 1.54) is 6.07 Å². The molecule has 0 aliphatic heterocycles. The number of nitrogens with zero attached hydrogens (tertiary/aromatic N) is 2. The van der Waals surface area contributed by atoms with Crippen molar-refractivity contribution in [2.75, 3.05) is 0 Å². The molecule has 16 heavy (non-hydrogen) atoms. The molecule has 3 nitrogen and oxygen atoms in total. The number of hydrogen-bond acceptors (Lipinski definition) is 2. The van der Waals surface area contributed by atoms with Gasteiger partial charge in [-0.2, -0.15) is 13.9 Å². The minimum atomic E-state index is -2.81. The second-order valence-corrected chi connectivity index (χ2v) is 3.16. The first kappa shape index (κ1) is 10.5. The average Bonchev–Trinajstić information content (AvgIpc) is 2.74. The SMILES string of the molecule is O=Cc1cc(-c2ccccc2)nn1C(F)F. The highest BCUT2D eigenvalue weighted by Gasteiger charge is 2.15. The van der Waals surface area contributed by atoms with Gasteiger partial charge in [0.25, 0.3) is 0 Å². The van der Waals surface area contributed by atoms with Gasteiger partial charge in [-0.1, -0.05) is 30.3 Å². The Balaban J connectivity index is 2.48. The fourth-order valence-electron chi connectivity index (χ4n) is 1.40. The van der Waals surface area contributed by atoms with Crippen LogP contribution in [-0.2, 0) is 0 Å². The van der Waals surface area contributed by atoms with Gasteiger partial charge in [-0.15, -0.1) is 0 Å². The molecule has 82 valence electrons. The fourth-order valence-corrected chi connectivity index (χ4v) is 1.40. The van der Waals surface area contributed by atoms with Crippen LogP contribution < -0.4 is 0 Å². The van der Waals surface area contributed by atoms with Crippen molar-refractivity contribution in [3.05, 3.63) is 42.1 Å². The molecule has 1 aromatic heterocycles. The normalized spacial score (nSPS) is 10.7. The molecular formula is C11H8F2N2O. The zero-order valence-electron chi connectivity index (χ0n) is 8.18. The molecule has 5 heteroatoms. The second-order valence-electron chi connectivity index (χ2n) is 3.16. The Morgan fingerprint density at radius 3 is 2.44 bits per heavy atom. The molecule has 0 saturated carbocycles. The number of aldehydes is 1. The molecule has 0 N–H and O–H groups in total. The summed E-state index contributed by atoms with van der Waals surface area (Å²) in [6, 6.07) is 10.2. The van der Waals surface area contributed by atoms with Crippen LogP contribution in [0.2, 0.25) is 0 Å². The molecule has 2 aromatic rings. The van der Waals surface area contributed by atoms with Gasteiger partial charge < -0.3 is 0 Å². The van der Waals surface area contributed by atoms with Crippen molar-refractivity contribution >= 4 is 6.29 Å². The third kappa shape index (κ3) is 1.84. The first-order valence-electron chi connectivity index (χ1n) is 4.60. The van der Waals surface area contributed by atoms with Crippen LogP contribution in [-0.4, -0.2) is 16.1 Å². The lowest BCUT2D eigenvalue weighted by atomic mass is 10.1. The van der Waals surface area contributed by atoms with Gasteiger partial charge in [-0.05, 0) is 6.07 Å². The van der Waals surface area contributed by atoms with Crippen molar-refractivity contribution in [2.24, 2.45) is 0 Å². The van der Waals surface area contributed by atoms with Crippen LogP contribution in [0.3, 0.4) is 0 Å². The van der Waals surface area contributed by atoms with Crippen LogP contribution in [0.1, 0.15) is 17.0 Å². The molecular weight excluding hydrogens is 214 g/mol. The van der Waals surface area contributed by atoms with E-state index in [4.69, 9.17) is 0 Å². The van der Waals surface area contributed by atoms with Crippen LogP contribution in [0.5, 0.6) is 0 Å². The van der Waals surface area contributed by atoms with E-state index in [1.807, 2.05) is 6.07 Å². The Labute approximate surface area is 90.3 Å². The summed E-state index contributed by atoms with van der Waals surface area (Å²) in [4.78, 5) is 10.6. The molecule has 0 aliphatic rings. The van der Waals surface area contributed by atoms with Gasteiger partial charge in [0, 0.05) is 5.56 Å². The van der Waals surface area contributed by atoms with Gasteiger partial charge in [0.15, 0.2) is 6.29 Å². The van der Waals surface area contributed by atoms with Crippen LogP contribution in [0, 0.1) is 0 Å². The number of alkyl halides is 2. The first-order chi connectivity index (χ1) is 7.72. The minimum absolute atomic E-state index is 0.131. The molecule has 1 aromatic carbocycles. The monoisotopic (exact) mass is 222 g/mol. The predicted molar refractivity (Wildman–Crippen MR) is 54.3 cm³/mol. The highest BCUT2D eigenvalue weighted by molar-refractivity contribution is 5.75. The van der Waals surface area contributed by atoms with Gasteiger partial charge in [0.1, 0.15) is 5.69 Å². The number of hydrogen-bond donors (Lipinski definition) is 0. The summed E-state index contributed by atoms with van der Waals surface area (Å²) >= 11 is 0. The summed E-state index contributed by atoms with van der Waals surface area (Å²) < 4.78 is 25.4. The average molecular weight is 222 g/mol. The van der Waals surface area contributed by atoms with Gasteiger partial charge in [0.05, 0.1) is 5.69 Å². The third-order valence-corrected chi connectivity index (χ3v) is 2.14. The fraction of sp³-hybridized carbons (Fsp3) is 0.0909. The molecule has 0 atom stereocenters. The van der Waals surface area contributed by atoms with Crippen LogP contribution in [0.25, 0.3) is 11.3 Å². The van der Waals surface area contributed by atoms with E-state index < -0.39 is 6.55 Å². The van der Waals surface area contributed by atoms with Gasteiger partial charge >= 0.3 is 6.55 Å². The van der Waals surface area contributed by atoms with Gasteiger partial charge in [0.2, 0.25) is 0 Å². The minimum Gasteiger partial charge on any atom is -0.296 e. The number of rotatable bonds is 3. The highest BCUT2D eigenvalue weighted by Crippen LogP contribution is 2.21. The summed E-state index contributed by atoms with van der Waals surface area (Å²) in [5, 5.41) is 3.69. The summed E-state index contributed by atoms with van der Waals surface area (Å²) in [7, 11) is 0. The van der Waals surface area contributed by atoms with Crippen molar-refractivity contribution in [1.29, 1.82) is 0 Å². The van der Waals surface area contributed by atoms with Crippen molar-refractivity contribution < 1.29 is 13.6 Å². The van der Waals surface area contributed by atoms with Crippen LogP contribution in [0.15, 0.2) is 36.4 Å². The van der Waals surface area contributed by atoms with Crippen molar-refractivity contribution in [2.45, 2.75) is 6.55 Å². The van der Waals surface area contributed by atoms with Crippen LogP contribution >= 0.6 is 0 Å². The summed E-state index contributed by atoms with van der Waals surface area (Å²) in [6.07, 6.45) is 0.367. The highest BCUT2D eigenvalue weighted by atomic mass is 19.3. The molecule has 0 aliphatic carbocycles. The van der Waals surface area contributed by atoms with E-state index in [2.05, 4.69) is 5.10 Å². The van der Waals surface area contributed by atoms with Gasteiger partial charge in [-0.3, -0.25) is 4.79 Å².